The van der Waals surface area contributed by atoms with Gasteiger partial charge in [-0.15, -0.1) is 0 Å². The smallest absolute Gasteiger partial charge is 0.358 e. The number of aryl methyl sites for hydroxylation is 2. The number of hydrogen-bond acceptors (Lipinski definition) is 5. The Morgan fingerprint density at radius 3 is 2.95 bits per heavy atom. The fourth-order valence-corrected chi connectivity index (χ4v) is 1.64. The Morgan fingerprint density at radius 1 is 1.55 bits per heavy atom. The van der Waals surface area contributed by atoms with E-state index in [-0.39, 0.29) is 18.1 Å². The van der Waals surface area contributed by atoms with Crippen molar-refractivity contribution in [2.45, 2.75) is 19.5 Å². The highest BCUT2D eigenvalue weighted by atomic mass is 16.6. The number of nitrogens with one attached hydrogen (secondary N) is 1. The van der Waals surface area contributed by atoms with Crippen LogP contribution in [0.25, 0.3) is 0 Å². The quantitative estimate of drug-likeness (QED) is 0.601. The average molecular weight is 278 g/mol. The molecule has 0 aromatic carbocycles. The van der Waals surface area contributed by atoms with Crippen LogP contribution in [0.1, 0.15) is 12.0 Å². The molecule has 2 aromatic heterocycles. The zero-order chi connectivity index (χ0) is 14.5. The number of nitrogens with zero attached hydrogens (tertiary/aromatic N) is 5. The standard InChI is InChI=1S/C11H14N6O3/c1-15-8-9(7-13-15)6-12-11(18)3-5-16-4-2-10(14-16)17(19)20/h2,4,7-8H,3,5-6H2,1H3,(H,12,18). The molecule has 9 nitrogen and oxygen atoms in total. The first-order valence-corrected chi connectivity index (χ1v) is 5.96. The fraction of sp³-hybridized carbons (Fsp3) is 0.364. The summed E-state index contributed by atoms with van der Waals surface area (Å²) in [5, 5.41) is 20.9. The minimum atomic E-state index is -0.570. The molecule has 0 bridgehead atoms. The van der Waals surface area contributed by atoms with Crippen LogP contribution in [0.5, 0.6) is 0 Å². The maximum absolute atomic E-state index is 11.6. The summed E-state index contributed by atoms with van der Waals surface area (Å²) in [7, 11) is 1.80. The van der Waals surface area contributed by atoms with Crippen LogP contribution >= 0.6 is 0 Å². The van der Waals surface area contributed by atoms with E-state index in [2.05, 4.69) is 15.5 Å². The number of amides is 1. The van der Waals surface area contributed by atoms with E-state index in [1.165, 1.54) is 16.9 Å². The van der Waals surface area contributed by atoms with Crippen LogP contribution in [0.4, 0.5) is 5.82 Å². The lowest BCUT2D eigenvalue weighted by Gasteiger charge is -2.02. The monoisotopic (exact) mass is 278 g/mol. The van der Waals surface area contributed by atoms with Crippen molar-refractivity contribution in [3.8, 4) is 0 Å². The predicted molar refractivity (Wildman–Crippen MR) is 68.6 cm³/mol. The van der Waals surface area contributed by atoms with Crippen molar-refractivity contribution in [2.24, 2.45) is 7.05 Å². The van der Waals surface area contributed by atoms with Crippen LogP contribution in [0, 0.1) is 10.1 Å². The average Bonchev–Trinajstić information content (AvgIpc) is 3.03. The molecule has 2 aromatic rings. The first-order valence-electron chi connectivity index (χ1n) is 5.96. The molecule has 0 radical (unpaired) electrons. The van der Waals surface area contributed by atoms with Crippen LogP contribution in [-0.2, 0) is 24.9 Å². The summed E-state index contributed by atoms with van der Waals surface area (Å²) < 4.78 is 3.03. The van der Waals surface area contributed by atoms with Gasteiger partial charge in [-0.1, -0.05) is 0 Å². The maximum Gasteiger partial charge on any atom is 0.389 e. The summed E-state index contributed by atoms with van der Waals surface area (Å²) in [6.45, 7) is 0.707. The van der Waals surface area contributed by atoms with E-state index in [0.717, 1.165) is 5.56 Å². The molecule has 9 heteroatoms. The summed E-state index contributed by atoms with van der Waals surface area (Å²) in [5.41, 5.74) is 0.913. The molecule has 0 fully saturated rings. The number of aromatic nitrogens is 4. The Morgan fingerprint density at radius 2 is 2.35 bits per heavy atom. The summed E-state index contributed by atoms with van der Waals surface area (Å²) >= 11 is 0. The van der Waals surface area contributed by atoms with E-state index < -0.39 is 4.92 Å². The Hall–Kier alpha value is -2.71. The highest BCUT2D eigenvalue weighted by molar-refractivity contribution is 5.75. The molecule has 1 amide bonds. The second-order valence-electron chi connectivity index (χ2n) is 4.24. The van der Waals surface area contributed by atoms with E-state index >= 15 is 0 Å². The van der Waals surface area contributed by atoms with Crippen molar-refractivity contribution in [2.75, 3.05) is 0 Å². The molecule has 0 spiro atoms. The Kier molecular flexibility index (Phi) is 4.08. The zero-order valence-corrected chi connectivity index (χ0v) is 10.9. The molecule has 0 aliphatic carbocycles. The Labute approximate surface area is 114 Å². The molecule has 0 aliphatic heterocycles. The number of carbonyl (C=O) groups excluding carboxylic acids is 1. The highest BCUT2D eigenvalue weighted by Crippen LogP contribution is 2.05. The van der Waals surface area contributed by atoms with Gasteiger partial charge >= 0.3 is 5.82 Å². The molecular weight excluding hydrogens is 264 g/mol. The van der Waals surface area contributed by atoms with Crippen LogP contribution in [0.2, 0.25) is 0 Å². The van der Waals surface area contributed by atoms with Crippen molar-refractivity contribution in [1.82, 2.24) is 24.9 Å². The number of nitro groups is 1. The van der Waals surface area contributed by atoms with Gasteiger partial charge in [0.1, 0.15) is 0 Å². The lowest BCUT2D eigenvalue weighted by Crippen LogP contribution is -2.23. The molecule has 0 atom stereocenters. The molecule has 106 valence electrons. The van der Waals surface area contributed by atoms with Gasteiger partial charge in [-0.25, -0.2) is 0 Å². The Balaban J connectivity index is 1.75. The van der Waals surface area contributed by atoms with E-state index in [1.807, 2.05) is 6.20 Å². The van der Waals surface area contributed by atoms with Crippen LogP contribution in [-0.4, -0.2) is 30.4 Å². The van der Waals surface area contributed by atoms with Gasteiger partial charge in [0, 0.05) is 31.8 Å². The summed E-state index contributed by atoms with van der Waals surface area (Å²) in [6.07, 6.45) is 5.18. The van der Waals surface area contributed by atoms with E-state index in [1.54, 1.807) is 17.9 Å². The van der Waals surface area contributed by atoms with Gasteiger partial charge < -0.3 is 15.4 Å². The topological polar surface area (TPSA) is 108 Å². The summed E-state index contributed by atoms with van der Waals surface area (Å²) in [4.78, 5) is 21.5. The van der Waals surface area contributed by atoms with Crippen LogP contribution in [0.15, 0.2) is 24.7 Å². The van der Waals surface area contributed by atoms with Crippen molar-refractivity contribution < 1.29 is 9.72 Å². The van der Waals surface area contributed by atoms with Crippen molar-refractivity contribution in [1.29, 1.82) is 0 Å². The van der Waals surface area contributed by atoms with E-state index in [4.69, 9.17) is 0 Å². The van der Waals surface area contributed by atoms with Gasteiger partial charge in [-0.2, -0.15) is 9.78 Å². The van der Waals surface area contributed by atoms with Crippen molar-refractivity contribution in [3.63, 3.8) is 0 Å². The number of hydrogen-bond donors (Lipinski definition) is 1. The molecule has 1 N–H and O–H groups in total. The van der Waals surface area contributed by atoms with E-state index in [0.29, 0.717) is 13.1 Å². The third-order valence-corrected chi connectivity index (χ3v) is 2.63. The van der Waals surface area contributed by atoms with Crippen LogP contribution < -0.4 is 5.32 Å². The summed E-state index contributed by atoms with van der Waals surface area (Å²) in [6, 6.07) is 1.30. The third kappa shape index (κ3) is 3.64. The molecule has 0 saturated heterocycles. The lowest BCUT2D eigenvalue weighted by molar-refractivity contribution is -0.389. The second kappa shape index (κ2) is 5.95. The maximum atomic E-state index is 11.6. The van der Waals surface area contributed by atoms with Gasteiger partial charge in [0.15, 0.2) is 0 Å². The largest absolute Gasteiger partial charge is 0.389 e. The molecule has 2 heterocycles. The molecular formula is C11H14N6O3. The number of carbonyl (C=O) groups is 1. The fourth-order valence-electron chi connectivity index (χ4n) is 1.64. The third-order valence-electron chi connectivity index (χ3n) is 2.63. The molecule has 0 aliphatic rings. The van der Waals surface area contributed by atoms with Crippen molar-refractivity contribution in [3.05, 3.63) is 40.3 Å². The van der Waals surface area contributed by atoms with Crippen molar-refractivity contribution >= 4 is 11.7 Å². The second-order valence-corrected chi connectivity index (χ2v) is 4.24. The Bertz CT molecular complexity index is 617. The van der Waals surface area contributed by atoms with Gasteiger partial charge in [0.05, 0.1) is 30.1 Å². The van der Waals surface area contributed by atoms with Gasteiger partial charge in [0.2, 0.25) is 5.91 Å². The SMILES string of the molecule is Cn1cc(CNC(=O)CCn2ccc([N+](=O)[O-])n2)cn1. The highest BCUT2D eigenvalue weighted by Gasteiger charge is 2.11. The summed E-state index contributed by atoms with van der Waals surface area (Å²) in [5.74, 6) is -0.368. The molecule has 20 heavy (non-hydrogen) atoms. The molecule has 2 rings (SSSR count). The molecule has 0 unspecified atom stereocenters. The minimum Gasteiger partial charge on any atom is -0.358 e. The molecule has 0 saturated carbocycles. The normalized spacial score (nSPS) is 10.4. The first-order chi connectivity index (χ1) is 9.54. The van der Waals surface area contributed by atoms with Gasteiger partial charge in [0.25, 0.3) is 0 Å². The predicted octanol–water partition coefficient (Wildman–Crippen LogP) is 0.231. The van der Waals surface area contributed by atoms with Gasteiger partial charge in [-0.05, 0) is 4.92 Å². The lowest BCUT2D eigenvalue weighted by atomic mass is 10.3. The van der Waals surface area contributed by atoms with E-state index in [9.17, 15) is 14.9 Å². The number of rotatable bonds is 6. The minimum absolute atomic E-state index is 0.146. The van der Waals surface area contributed by atoms with Gasteiger partial charge in [-0.3, -0.25) is 9.48 Å². The zero-order valence-electron chi connectivity index (χ0n) is 10.9. The first kappa shape index (κ1) is 13.7. The van der Waals surface area contributed by atoms with Crippen LogP contribution in [0.3, 0.4) is 0 Å².